The second kappa shape index (κ2) is 7.21. The number of aryl methyl sites for hydroxylation is 1. The van der Waals surface area contributed by atoms with Gasteiger partial charge in [-0.3, -0.25) is 9.47 Å². The molecule has 1 fully saturated rings. The fraction of sp³-hybridized carbons (Fsp3) is 0.478. The highest BCUT2D eigenvalue weighted by atomic mass is 16.3. The number of aromatic hydroxyl groups is 2. The Morgan fingerprint density at radius 1 is 0.929 bits per heavy atom. The zero-order valence-electron chi connectivity index (χ0n) is 16.3. The lowest BCUT2D eigenvalue weighted by atomic mass is 9.94. The van der Waals surface area contributed by atoms with E-state index >= 15 is 0 Å². The smallest absolute Gasteiger partial charge is 0.197 e. The predicted molar refractivity (Wildman–Crippen MR) is 111 cm³/mol. The molecule has 5 nitrogen and oxygen atoms in total. The Morgan fingerprint density at radius 3 is 2.46 bits per heavy atom. The molecule has 3 heterocycles. The van der Waals surface area contributed by atoms with E-state index in [1.165, 1.54) is 24.1 Å². The average molecular weight is 380 g/mol. The third-order valence-electron chi connectivity index (χ3n) is 6.70. The van der Waals surface area contributed by atoms with Crippen molar-refractivity contribution in [2.45, 2.75) is 44.7 Å². The minimum absolute atomic E-state index is 0.255. The van der Waals surface area contributed by atoms with E-state index in [1.54, 1.807) is 4.57 Å². The summed E-state index contributed by atoms with van der Waals surface area (Å²) in [6.45, 7) is 4.94. The van der Waals surface area contributed by atoms with Gasteiger partial charge in [-0.15, -0.1) is 0 Å². The Balaban J connectivity index is 1.19. The van der Waals surface area contributed by atoms with Crippen LogP contribution in [0.15, 0.2) is 36.4 Å². The summed E-state index contributed by atoms with van der Waals surface area (Å²) < 4.78 is 1.70. The lowest BCUT2D eigenvalue weighted by Gasteiger charge is -2.46. The van der Waals surface area contributed by atoms with Gasteiger partial charge >= 0.3 is 0 Å². The van der Waals surface area contributed by atoms with Crippen molar-refractivity contribution < 1.29 is 10.2 Å². The number of benzene rings is 1. The lowest BCUT2D eigenvalue weighted by molar-refractivity contribution is 0.207. The first-order chi connectivity index (χ1) is 13.7. The minimum atomic E-state index is 0.255. The van der Waals surface area contributed by atoms with Crippen LogP contribution in [0.2, 0.25) is 0 Å². The van der Waals surface area contributed by atoms with E-state index in [0.717, 1.165) is 43.7 Å². The molecule has 148 valence electrons. The summed E-state index contributed by atoms with van der Waals surface area (Å²) in [6.07, 6.45) is 8.90. The molecular weight excluding hydrogens is 350 g/mol. The van der Waals surface area contributed by atoms with Crippen molar-refractivity contribution in [2.24, 2.45) is 0 Å². The molecule has 1 atom stereocenters. The molecule has 0 spiro atoms. The second-order valence-corrected chi connectivity index (χ2v) is 8.30. The molecule has 2 N–H and O–H groups in total. The summed E-state index contributed by atoms with van der Waals surface area (Å²) in [5.74, 6) is 0.510. The number of nitrogens with zero attached hydrogens (tertiary/aromatic N) is 3. The number of hydrogen-bond donors (Lipinski definition) is 2. The van der Waals surface area contributed by atoms with E-state index in [4.69, 9.17) is 0 Å². The van der Waals surface area contributed by atoms with Gasteiger partial charge < -0.3 is 15.1 Å². The number of fused-ring (bicyclic) bond motifs is 4. The molecule has 28 heavy (non-hydrogen) atoms. The largest absolute Gasteiger partial charge is 0.494 e. The van der Waals surface area contributed by atoms with Crippen LogP contribution >= 0.6 is 0 Å². The Bertz CT molecular complexity index is 870. The van der Waals surface area contributed by atoms with Crippen molar-refractivity contribution >= 4 is 5.69 Å². The number of anilines is 1. The number of rotatable bonds is 4. The van der Waals surface area contributed by atoms with Crippen molar-refractivity contribution in [1.82, 2.24) is 9.47 Å². The van der Waals surface area contributed by atoms with Gasteiger partial charge in [-0.1, -0.05) is 30.4 Å². The molecule has 0 saturated carbocycles. The first-order valence-corrected chi connectivity index (χ1v) is 10.6. The summed E-state index contributed by atoms with van der Waals surface area (Å²) in [4.78, 5) is 5.15. The number of para-hydroxylation sites is 1. The fourth-order valence-electron chi connectivity index (χ4n) is 5.20. The molecule has 2 aliphatic heterocycles. The van der Waals surface area contributed by atoms with Crippen LogP contribution in [0.4, 0.5) is 5.69 Å². The summed E-state index contributed by atoms with van der Waals surface area (Å²) in [5, 5.41) is 21.0. The highest BCUT2D eigenvalue weighted by Gasteiger charge is 2.31. The topological polar surface area (TPSA) is 51.9 Å². The van der Waals surface area contributed by atoms with Crippen LogP contribution in [-0.4, -0.2) is 51.9 Å². The molecule has 1 aromatic carbocycles. The normalized spacial score (nSPS) is 21.3. The number of allylic oxidation sites excluding steroid dienone is 2. The molecular formula is C23H29N3O2. The zero-order valence-corrected chi connectivity index (χ0v) is 16.3. The quantitative estimate of drug-likeness (QED) is 0.802. The van der Waals surface area contributed by atoms with Crippen molar-refractivity contribution in [3.05, 3.63) is 53.1 Å². The summed E-state index contributed by atoms with van der Waals surface area (Å²) >= 11 is 0. The third-order valence-corrected chi connectivity index (χ3v) is 6.70. The molecule has 1 aromatic heterocycles. The average Bonchev–Trinajstić information content (AvgIpc) is 2.98. The van der Waals surface area contributed by atoms with E-state index in [-0.39, 0.29) is 11.8 Å². The molecule has 1 aliphatic carbocycles. The highest BCUT2D eigenvalue weighted by molar-refractivity contribution is 5.57. The predicted octanol–water partition coefficient (Wildman–Crippen LogP) is 3.08. The Hall–Kier alpha value is -2.40. The number of hydrogen-bond acceptors (Lipinski definition) is 4. The van der Waals surface area contributed by atoms with Crippen molar-refractivity contribution in [2.75, 3.05) is 31.1 Å². The molecule has 0 radical (unpaired) electrons. The third kappa shape index (κ3) is 2.98. The van der Waals surface area contributed by atoms with Gasteiger partial charge in [0.25, 0.3) is 0 Å². The van der Waals surface area contributed by atoms with E-state index in [9.17, 15) is 10.2 Å². The molecule has 2 aromatic rings. The maximum atomic E-state index is 10.5. The molecule has 5 rings (SSSR count). The van der Waals surface area contributed by atoms with E-state index in [1.807, 2.05) is 0 Å². The van der Waals surface area contributed by atoms with Crippen LogP contribution in [0.5, 0.6) is 11.8 Å². The monoisotopic (exact) mass is 379 g/mol. The second-order valence-electron chi connectivity index (χ2n) is 8.30. The standard InChI is InChI=1S/C23H29N3O2/c27-22-19-7-2-3-8-20(19)23(28)26(22)13-5-12-24-14-15-25-18(16-24)11-10-17-6-1-4-9-21(17)25/h1-4,6,9,18,27-28H,5,7-8,10-16H2. The SMILES string of the molecule is Oc1c2c(c(O)n1CCCN1CCN3c4ccccc4CCC3C1)CC=CC2. The maximum absolute atomic E-state index is 10.5. The Morgan fingerprint density at radius 2 is 1.68 bits per heavy atom. The zero-order chi connectivity index (χ0) is 19.1. The van der Waals surface area contributed by atoms with Crippen molar-refractivity contribution in [3.8, 4) is 11.8 Å². The molecule has 3 aliphatic rings. The van der Waals surface area contributed by atoms with Gasteiger partial charge in [0.05, 0.1) is 0 Å². The Labute approximate surface area is 166 Å². The maximum Gasteiger partial charge on any atom is 0.197 e. The van der Waals surface area contributed by atoms with Crippen LogP contribution in [0.1, 0.15) is 29.5 Å². The molecule has 0 bridgehead atoms. The van der Waals surface area contributed by atoms with Crippen molar-refractivity contribution in [1.29, 1.82) is 0 Å². The Kier molecular flexibility index (Phi) is 4.55. The van der Waals surface area contributed by atoms with Gasteiger partial charge in [-0.25, -0.2) is 0 Å². The molecule has 1 unspecified atom stereocenters. The minimum Gasteiger partial charge on any atom is -0.494 e. The van der Waals surface area contributed by atoms with Gasteiger partial charge in [0.15, 0.2) is 11.8 Å². The lowest BCUT2D eigenvalue weighted by Crippen LogP contribution is -2.55. The highest BCUT2D eigenvalue weighted by Crippen LogP contribution is 2.37. The van der Waals surface area contributed by atoms with Crippen LogP contribution in [-0.2, 0) is 25.8 Å². The van der Waals surface area contributed by atoms with Crippen LogP contribution in [0.25, 0.3) is 0 Å². The van der Waals surface area contributed by atoms with Gasteiger partial charge in [0.2, 0.25) is 0 Å². The molecule has 5 heteroatoms. The first kappa shape index (κ1) is 17.7. The first-order valence-electron chi connectivity index (χ1n) is 10.6. The van der Waals surface area contributed by atoms with E-state index in [0.29, 0.717) is 25.4 Å². The van der Waals surface area contributed by atoms with Gasteiger partial charge in [0.1, 0.15) is 0 Å². The van der Waals surface area contributed by atoms with Crippen LogP contribution < -0.4 is 4.90 Å². The summed E-state index contributed by atoms with van der Waals surface area (Å²) in [6, 6.07) is 9.44. The fourth-order valence-corrected chi connectivity index (χ4v) is 5.20. The van der Waals surface area contributed by atoms with Crippen molar-refractivity contribution in [3.63, 3.8) is 0 Å². The molecule has 1 saturated heterocycles. The summed E-state index contributed by atoms with van der Waals surface area (Å²) in [5.41, 5.74) is 4.72. The number of aromatic nitrogens is 1. The van der Waals surface area contributed by atoms with Crippen LogP contribution in [0, 0.1) is 0 Å². The van der Waals surface area contributed by atoms with Crippen LogP contribution in [0.3, 0.4) is 0 Å². The van der Waals surface area contributed by atoms with Gasteiger partial charge in [-0.2, -0.15) is 0 Å². The van der Waals surface area contributed by atoms with Gasteiger partial charge in [-0.05, 0) is 50.3 Å². The van der Waals surface area contributed by atoms with E-state index in [2.05, 4.69) is 46.2 Å². The number of piperazine rings is 1. The van der Waals surface area contributed by atoms with Gasteiger partial charge in [0, 0.05) is 49.0 Å². The summed E-state index contributed by atoms with van der Waals surface area (Å²) in [7, 11) is 0. The van der Waals surface area contributed by atoms with E-state index < -0.39 is 0 Å². The molecule has 0 amide bonds.